The molecule has 1 N–H and O–H groups in total. The fourth-order valence-corrected chi connectivity index (χ4v) is 2.41. The number of imidazole rings is 1. The smallest absolute Gasteiger partial charge is 0.273 e. The number of halogens is 1. The maximum Gasteiger partial charge on any atom is 0.273 e. The van der Waals surface area contributed by atoms with E-state index in [0.29, 0.717) is 11.4 Å². The summed E-state index contributed by atoms with van der Waals surface area (Å²) in [6.07, 6.45) is 3.16. The molecule has 1 aromatic heterocycles. The number of aromatic nitrogens is 2. The van der Waals surface area contributed by atoms with Crippen LogP contribution in [0.5, 0.6) is 0 Å². The SMILES string of the molecule is C[C@H](c1ccccc1)n1cncc1C(=O)Nc1ccc(F)cc1. The Morgan fingerprint density at radius 3 is 2.52 bits per heavy atom. The molecule has 0 unspecified atom stereocenters. The zero-order chi connectivity index (χ0) is 16.2. The van der Waals surface area contributed by atoms with Crippen LogP contribution in [0.1, 0.15) is 29.0 Å². The van der Waals surface area contributed by atoms with E-state index in [2.05, 4.69) is 10.3 Å². The van der Waals surface area contributed by atoms with Crippen LogP contribution in [0.25, 0.3) is 0 Å². The van der Waals surface area contributed by atoms with Crippen LogP contribution in [0.4, 0.5) is 10.1 Å². The van der Waals surface area contributed by atoms with Crippen LogP contribution in [-0.4, -0.2) is 15.5 Å². The van der Waals surface area contributed by atoms with Crippen molar-refractivity contribution in [3.05, 3.63) is 84.2 Å². The van der Waals surface area contributed by atoms with Crippen LogP contribution in [0.15, 0.2) is 67.1 Å². The zero-order valence-electron chi connectivity index (χ0n) is 12.6. The summed E-state index contributed by atoms with van der Waals surface area (Å²) < 4.78 is 14.7. The molecule has 0 aliphatic heterocycles. The molecule has 3 aromatic rings. The number of anilines is 1. The number of nitrogens with zero attached hydrogens (tertiary/aromatic N) is 2. The van der Waals surface area contributed by atoms with Gasteiger partial charge >= 0.3 is 0 Å². The van der Waals surface area contributed by atoms with E-state index in [1.54, 1.807) is 6.33 Å². The Morgan fingerprint density at radius 2 is 1.83 bits per heavy atom. The topological polar surface area (TPSA) is 46.9 Å². The third kappa shape index (κ3) is 3.29. The van der Waals surface area contributed by atoms with Gasteiger partial charge in [0.2, 0.25) is 0 Å². The summed E-state index contributed by atoms with van der Waals surface area (Å²) in [7, 11) is 0. The van der Waals surface area contributed by atoms with E-state index in [0.717, 1.165) is 5.56 Å². The summed E-state index contributed by atoms with van der Waals surface area (Å²) in [5.41, 5.74) is 2.07. The molecule has 5 heteroatoms. The molecule has 3 rings (SSSR count). The second-order valence-electron chi connectivity index (χ2n) is 5.23. The van der Waals surface area contributed by atoms with Crippen molar-refractivity contribution in [2.75, 3.05) is 5.32 Å². The molecule has 0 radical (unpaired) electrons. The van der Waals surface area contributed by atoms with E-state index in [1.807, 2.05) is 41.8 Å². The van der Waals surface area contributed by atoms with Crippen molar-refractivity contribution in [1.82, 2.24) is 9.55 Å². The van der Waals surface area contributed by atoms with E-state index in [9.17, 15) is 9.18 Å². The van der Waals surface area contributed by atoms with Crippen molar-refractivity contribution in [2.45, 2.75) is 13.0 Å². The molecule has 2 aromatic carbocycles. The monoisotopic (exact) mass is 309 g/mol. The summed E-state index contributed by atoms with van der Waals surface area (Å²) in [5.74, 6) is -0.623. The Morgan fingerprint density at radius 1 is 1.13 bits per heavy atom. The summed E-state index contributed by atoms with van der Waals surface area (Å²) in [6, 6.07) is 15.5. The number of hydrogen-bond acceptors (Lipinski definition) is 2. The third-order valence-electron chi connectivity index (χ3n) is 3.70. The molecule has 0 aliphatic rings. The number of carbonyl (C=O) groups is 1. The van der Waals surface area contributed by atoms with Gasteiger partial charge in [0.25, 0.3) is 5.91 Å². The Hall–Kier alpha value is -2.95. The van der Waals surface area contributed by atoms with Crippen molar-refractivity contribution in [3.8, 4) is 0 Å². The number of benzene rings is 2. The molecule has 0 fully saturated rings. The first-order valence-corrected chi connectivity index (χ1v) is 7.29. The highest BCUT2D eigenvalue weighted by Gasteiger charge is 2.17. The van der Waals surface area contributed by atoms with Crippen LogP contribution in [0.2, 0.25) is 0 Å². The van der Waals surface area contributed by atoms with E-state index >= 15 is 0 Å². The first-order chi connectivity index (χ1) is 11.1. The summed E-state index contributed by atoms with van der Waals surface area (Å²) in [6.45, 7) is 2.01. The molecular weight excluding hydrogens is 293 g/mol. The highest BCUT2D eigenvalue weighted by atomic mass is 19.1. The lowest BCUT2D eigenvalue weighted by atomic mass is 10.1. The zero-order valence-corrected chi connectivity index (χ0v) is 12.6. The lowest BCUT2D eigenvalue weighted by molar-refractivity contribution is 0.101. The van der Waals surface area contributed by atoms with Crippen molar-refractivity contribution < 1.29 is 9.18 Å². The van der Waals surface area contributed by atoms with Gasteiger partial charge in [-0.3, -0.25) is 4.79 Å². The molecule has 116 valence electrons. The summed E-state index contributed by atoms with van der Waals surface area (Å²) in [5, 5.41) is 2.75. The summed E-state index contributed by atoms with van der Waals surface area (Å²) in [4.78, 5) is 16.5. The quantitative estimate of drug-likeness (QED) is 0.795. The van der Waals surface area contributed by atoms with Crippen molar-refractivity contribution >= 4 is 11.6 Å². The molecule has 0 saturated heterocycles. The largest absolute Gasteiger partial charge is 0.321 e. The van der Waals surface area contributed by atoms with Crippen molar-refractivity contribution in [1.29, 1.82) is 0 Å². The number of hydrogen-bond donors (Lipinski definition) is 1. The maximum absolute atomic E-state index is 12.9. The highest BCUT2D eigenvalue weighted by molar-refractivity contribution is 6.03. The molecule has 0 bridgehead atoms. The van der Waals surface area contributed by atoms with Gasteiger partial charge in [-0.1, -0.05) is 30.3 Å². The standard InChI is InChI=1S/C18H16FN3O/c1-13(14-5-3-2-4-6-14)22-12-20-11-17(22)18(23)21-16-9-7-15(19)8-10-16/h2-13H,1H3,(H,21,23)/t13-/m1/s1. The predicted octanol–water partition coefficient (Wildman–Crippen LogP) is 3.88. The minimum Gasteiger partial charge on any atom is -0.321 e. The third-order valence-corrected chi connectivity index (χ3v) is 3.70. The molecule has 23 heavy (non-hydrogen) atoms. The molecular formula is C18H16FN3O. The Labute approximate surface area is 133 Å². The molecule has 4 nitrogen and oxygen atoms in total. The van der Waals surface area contributed by atoms with Crippen LogP contribution < -0.4 is 5.32 Å². The van der Waals surface area contributed by atoms with Gasteiger partial charge in [0.05, 0.1) is 18.6 Å². The maximum atomic E-state index is 12.9. The van der Waals surface area contributed by atoms with E-state index in [4.69, 9.17) is 0 Å². The number of rotatable bonds is 4. The van der Waals surface area contributed by atoms with Crippen molar-refractivity contribution in [2.24, 2.45) is 0 Å². The predicted molar refractivity (Wildman–Crippen MR) is 86.8 cm³/mol. The molecule has 0 aliphatic carbocycles. The minimum absolute atomic E-state index is 0.0207. The summed E-state index contributed by atoms with van der Waals surface area (Å²) >= 11 is 0. The van der Waals surface area contributed by atoms with Crippen LogP contribution in [0.3, 0.4) is 0 Å². The van der Waals surface area contributed by atoms with Gasteiger partial charge in [0, 0.05) is 5.69 Å². The second-order valence-corrected chi connectivity index (χ2v) is 5.23. The van der Waals surface area contributed by atoms with Gasteiger partial charge in [0.1, 0.15) is 11.5 Å². The fourth-order valence-electron chi connectivity index (χ4n) is 2.41. The Bertz CT molecular complexity index is 797. The lowest BCUT2D eigenvalue weighted by Gasteiger charge is -2.16. The lowest BCUT2D eigenvalue weighted by Crippen LogP contribution is -2.19. The first-order valence-electron chi connectivity index (χ1n) is 7.29. The average molecular weight is 309 g/mol. The van der Waals surface area contributed by atoms with E-state index < -0.39 is 0 Å². The Balaban J connectivity index is 1.83. The van der Waals surface area contributed by atoms with Gasteiger partial charge in [-0.25, -0.2) is 9.37 Å². The molecule has 1 heterocycles. The molecule has 0 saturated carbocycles. The van der Waals surface area contributed by atoms with Gasteiger partial charge in [-0.15, -0.1) is 0 Å². The highest BCUT2D eigenvalue weighted by Crippen LogP contribution is 2.20. The van der Waals surface area contributed by atoms with Gasteiger partial charge in [0.15, 0.2) is 0 Å². The molecule has 1 amide bonds. The van der Waals surface area contributed by atoms with E-state index in [-0.39, 0.29) is 17.8 Å². The van der Waals surface area contributed by atoms with Crippen LogP contribution >= 0.6 is 0 Å². The van der Waals surface area contributed by atoms with Crippen LogP contribution in [0, 0.1) is 5.82 Å². The van der Waals surface area contributed by atoms with Crippen molar-refractivity contribution in [3.63, 3.8) is 0 Å². The number of nitrogens with one attached hydrogen (secondary N) is 1. The Kier molecular flexibility index (Phi) is 4.19. The average Bonchev–Trinajstić information content (AvgIpc) is 3.07. The normalized spacial score (nSPS) is 11.9. The fraction of sp³-hybridized carbons (Fsp3) is 0.111. The second kappa shape index (κ2) is 6.44. The number of amides is 1. The molecule has 1 atom stereocenters. The first kappa shape index (κ1) is 15.0. The molecule has 0 spiro atoms. The van der Waals surface area contributed by atoms with Gasteiger partial charge in [-0.2, -0.15) is 0 Å². The number of carbonyl (C=O) groups excluding carboxylic acids is 1. The van der Waals surface area contributed by atoms with E-state index in [1.165, 1.54) is 30.5 Å². The van der Waals surface area contributed by atoms with Gasteiger partial charge < -0.3 is 9.88 Å². The van der Waals surface area contributed by atoms with Gasteiger partial charge in [-0.05, 0) is 36.8 Å². The minimum atomic E-state index is -0.342. The van der Waals surface area contributed by atoms with Crippen LogP contribution in [-0.2, 0) is 0 Å².